The van der Waals surface area contributed by atoms with E-state index < -0.39 is 0 Å². The van der Waals surface area contributed by atoms with Gasteiger partial charge in [-0.1, -0.05) is 48.5 Å². The second-order valence-electron chi connectivity index (χ2n) is 6.20. The van der Waals surface area contributed by atoms with Gasteiger partial charge in [0.05, 0.1) is 0 Å². The van der Waals surface area contributed by atoms with Crippen molar-refractivity contribution in [3.05, 3.63) is 71.8 Å². The fourth-order valence-electron chi connectivity index (χ4n) is 3.76. The van der Waals surface area contributed by atoms with Gasteiger partial charge in [0, 0.05) is 13.2 Å². The molecule has 0 atom stereocenters. The largest absolute Gasteiger partial charge is 0.396 e. The van der Waals surface area contributed by atoms with E-state index in [1.165, 1.54) is 43.4 Å². The lowest BCUT2D eigenvalue weighted by atomic mass is 9.90. The number of benzene rings is 4. The zero-order valence-electron chi connectivity index (χ0n) is 13.5. The Kier molecular flexibility index (Phi) is 3.93. The highest BCUT2D eigenvalue weighted by atomic mass is 16.3. The Bertz CT molecular complexity index is 949. The van der Waals surface area contributed by atoms with E-state index >= 15 is 0 Å². The summed E-state index contributed by atoms with van der Waals surface area (Å²) in [5, 5.41) is 26.2. The van der Waals surface area contributed by atoms with Gasteiger partial charge in [-0.25, -0.2) is 0 Å². The summed E-state index contributed by atoms with van der Waals surface area (Å²) in [5.74, 6) is 0. The minimum absolute atomic E-state index is 0.149. The topological polar surface area (TPSA) is 40.5 Å². The van der Waals surface area contributed by atoms with Crippen molar-refractivity contribution in [2.24, 2.45) is 0 Å². The van der Waals surface area contributed by atoms with Crippen molar-refractivity contribution in [2.45, 2.75) is 12.8 Å². The maximum Gasteiger partial charge on any atom is 0.0471 e. The van der Waals surface area contributed by atoms with E-state index in [-0.39, 0.29) is 13.2 Å². The molecule has 24 heavy (non-hydrogen) atoms. The van der Waals surface area contributed by atoms with Gasteiger partial charge in [0.2, 0.25) is 0 Å². The molecule has 0 spiro atoms. The van der Waals surface area contributed by atoms with Crippen LogP contribution >= 0.6 is 0 Å². The molecule has 2 heteroatoms. The minimum atomic E-state index is 0.149. The van der Waals surface area contributed by atoms with Crippen molar-refractivity contribution < 1.29 is 10.2 Å². The van der Waals surface area contributed by atoms with Gasteiger partial charge in [-0.05, 0) is 68.4 Å². The molecule has 2 nitrogen and oxygen atoms in total. The predicted octanol–water partition coefficient (Wildman–Crippen LogP) is 4.22. The van der Waals surface area contributed by atoms with E-state index in [4.69, 9.17) is 0 Å². The molecule has 0 aliphatic heterocycles. The van der Waals surface area contributed by atoms with Crippen molar-refractivity contribution in [3.8, 4) is 0 Å². The predicted molar refractivity (Wildman–Crippen MR) is 101 cm³/mol. The van der Waals surface area contributed by atoms with Gasteiger partial charge in [-0.3, -0.25) is 0 Å². The van der Waals surface area contributed by atoms with Crippen molar-refractivity contribution in [3.63, 3.8) is 0 Å². The van der Waals surface area contributed by atoms with E-state index in [2.05, 4.69) is 48.5 Å². The first-order chi connectivity index (χ1) is 11.8. The highest BCUT2D eigenvalue weighted by Crippen LogP contribution is 2.35. The molecule has 2 N–H and O–H groups in total. The molecule has 4 aromatic carbocycles. The van der Waals surface area contributed by atoms with Crippen LogP contribution < -0.4 is 0 Å². The second kappa shape index (κ2) is 6.23. The zero-order chi connectivity index (χ0) is 16.5. The molecule has 0 radical (unpaired) electrons. The van der Waals surface area contributed by atoms with E-state index in [0.29, 0.717) is 12.8 Å². The molecular weight excluding hydrogens is 296 g/mol. The van der Waals surface area contributed by atoms with Crippen molar-refractivity contribution in [1.82, 2.24) is 0 Å². The molecule has 0 aliphatic rings. The summed E-state index contributed by atoms with van der Waals surface area (Å²) in [6.45, 7) is 0.298. The molecule has 0 saturated heterocycles. The van der Waals surface area contributed by atoms with Crippen LogP contribution in [0.15, 0.2) is 60.7 Å². The molecule has 120 valence electrons. The van der Waals surface area contributed by atoms with Gasteiger partial charge in [-0.15, -0.1) is 0 Å². The quantitative estimate of drug-likeness (QED) is 0.554. The summed E-state index contributed by atoms with van der Waals surface area (Å²) in [6, 6.07) is 21.2. The van der Waals surface area contributed by atoms with E-state index in [9.17, 15) is 10.2 Å². The van der Waals surface area contributed by atoms with Crippen LogP contribution in [-0.4, -0.2) is 23.4 Å². The second-order valence-corrected chi connectivity index (χ2v) is 6.20. The average molecular weight is 316 g/mol. The summed E-state index contributed by atoms with van der Waals surface area (Å²) in [4.78, 5) is 0. The lowest BCUT2D eigenvalue weighted by Gasteiger charge is -2.14. The third-order valence-corrected chi connectivity index (χ3v) is 4.82. The smallest absolute Gasteiger partial charge is 0.0471 e. The molecule has 0 unspecified atom stereocenters. The Morgan fingerprint density at radius 2 is 0.875 bits per heavy atom. The number of aliphatic hydroxyl groups is 2. The first-order valence-corrected chi connectivity index (χ1v) is 8.40. The van der Waals surface area contributed by atoms with Gasteiger partial charge in [0.1, 0.15) is 0 Å². The summed E-state index contributed by atoms with van der Waals surface area (Å²) in [7, 11) is 0. The van der Waals surface area contributed by atoms with Crippen molar-refractivity contribution in [1.29, 1.82) is 0 Å². The van der Waals surface area contributed by atoms with Crippen molar-refractivity contribution >= 4 is 32.3 Å². The Morgan fingerprint density at radius 3 is 1.25 bits per heavy atom. The monoisotopic (exact) mass is 316 g/mol. The lowest BCUT2D eigenvalue weighted by Crippen LogP contribution is -1.96. The highest BCUT2D eigenvalue weighted by Gasteiger charge is 2.11. The minimum Gasteiger partial charge on any atom is -0.396 e. The van der Waals surface area contributed by atoms with Gasteiger partial charge in [-0.2, -0.15) is 0 Å². The summed E-state index contributed by atoms with van der Waals surface area (Å²) >= 11 is 0. The Morgan fingerprint density at radius 1 is 0.500 bits per heavy atom. The summed E-state index contributed by atoms with van der Waals surface area (Å²) in [5.41, 5.74) is 2.36. The first kappa shape index (κ1) is 15.1. The zero-order valence-corrected chi connectivity index (χ0v) is 13.5. The number of fused-ring (bicyclic) bond motifs is 5. The number of aliphatic hydroxyl groups excluding tert-OH is 2. The number of hydrogen-bond acceptors (Lipinski definition) is 2. The summed E-state index contributed by atoms with van der Waals surface area (Å²) in [6.07, 6.45) is 1.31. The van der Waals surface area contributed by atoms with Crippen molar-refractivity contribution in [2.75, 3.05) is 13.2 Å². The Labute approximate surface area is 141 Å². The SMILES string of the molecule is OCCc1cc2c3ccccc3c(CCO)cc2c2ccccc12. The van der Waals surface area contributed by atoms with Crippen LogP contribution in [0.2, 0.25) is 0 Å². The normalized spacial score (nSPS) is 11.6. The molecule has 0 aliphatic carbocycles. The Hall–Kier alpha value is -2.42. The molecule has 4 aromatic rings. The molecule has 4 rings (SSSR count). The van der Waals surface area contributed by atoms with Gasteiger partial charge in [0.25, 0.3) is 0 Å². The number of rotatable bonds is 4. The van der Waals surface area contributed by atoms with E-state index in [1.54, 1.807) is 0 Å². The van der Waals surface area contributed by atoms with E-state index in [1.807, 2.05) is 12.1 Å². The average Bonchev–Trinajstić information content (AvgIpc) is 2.63. The van der Waals surface area contributed by atoms with Crippen LogP contribution in [0, 0.1) is 0 Å². The standard InChI is InChI=1S/C22H20O2/c23-11-9-15-13-22-20-8-4-2-6-18(20)16(10-12-24)14-21(22)19-7-3-1-5-17(15)19/h1-8,13-14,23-24H,9-12H2. The molecule has 0 bridgehead atoms. The fourth-order valence-corrected chi connectivity index (χ4v) is 3.76. The van der Waals surface area contributed by atoms with Crippen LogP contribution in [0.5, 0.6) is 0 Å². The Balaban J connectivity index is 2.20. The maximum absolute atomic E-state index is 9.45. The summed E-state index contributed by atoms with van der Waals surface area (Å²) < 4.78 is 0. The first-order valence-electron chi connectivity index (χ1n) is 8.40. The molecule has 0 amide bonds. The molecule has 0 saturated carbocycles. The van der Waals surface area contributed by atoms with Gasteiger partial charge in [0.15, 0.2) is 0 Å². The maximum atomic E-state index is 9.45. The fraction of sp³-hybridized carbons (Fsp3) is 0.182. The molecule has 0 aromatic heterocycles. The van der Waals surface area contributed by atoms with Crippen LogP contribution in [-0.2, 0) is 12.8 Å². The molecule has 0 fully saturated rings. The van der Waals surface area contributed by atoms with Crippen LogP contribution in [0.4, 0.5) is 0 Å². The van der Waals surface area contributed by atoms with Crippen LogP contribution in [0.3, 0.4) is 0 Å². The number of hydrogen-bond donors (Lipinski definition) is 2. The van der Waals surface area contributed by atoms with Gasteiger partial charge < -0.3 is 10.2 Å². The van der Waals surface area contributed by atoms with E-state index in [0.717, 1.165) is 0 Å². The molecular formula is C22H20O2. The van der Waals surface area contributed by atoms with Crippen LogP contribution in [0.25, 0.3) is 32.3 Å². The highest BCUT2D eigenvalue weighted by molar-refractivity contribution is 6.19. The van der Waals surface area contributed by atoms with Gasteiger partial charge >= 0.3 is 0 Å². The van der Waals surface area contributed by atoms with Crippen LogP contribution in [0.1, 0.15) is 11.1 Å². The lowest BCUT2D eigenvalue weighted by molar-refractivity contribution is 0.299. The third-order valence-electron chi connectivity index (χ3n) is 4.82. The molecule has 0 heterocycles. The third kappa shape index (κ3) is 2.35.